The minimum absolute atomic E-state index is 0.0297. The fraction of sp³-hybridized carbons (Fsp3) is 0.207. The number of benzene rings is 3. The summed E-state index contributed by atoms with van der Waals surface area (Å²) in [7, 11) is 0. The Balaban J connectivity index is 2.34. The smallest absolute Gasteiger partial charge is 0.336 e. The number of hydrogen-bond acceptors (Lipinski definition) is 4. The minimum Gasteiger partial charge on any atom is -0.478 e. The Bertz CT molecular complexity index is 1220. The SMILES string of the molecule is [CH+]=CCON=C(NC(C)=O)c1c(CCc2ccccc2)cc(CC)c(C(=O)O)c1-c1ccccc1. The van der Waals surface area contributed by atoms with E-state index in [0.717, 1.165) is 17.5 Å². The summed E-state index contributed by atoms with van der Waals surface area (Å²) in [5.74, 6) is -1.25. The predicted octanol–water partition coefficient (Wildman–Crippen LogP) is 5.20. The molecular weight excluding hydrogens is 440 g/mol. The maximum absolute atomic E-state index is 12.5. The quantitative estimate of drug-likeness (QED) is 0.140. The van der Waals surface area contributed by atoms with Gasteiger partial charge in [-0.1, -0.05) is 78.8 Å². The first kappa shape index (κ1) is 25.3. The molecule has 1 amide bonds. The number of rotatable bonds is 10. The number of nitrogens with one attached hydrogen (secondary N) is 1. The van der Waals surface area contributed by atoms with Crippen LogP contribution in [0.25, 0.3) is 11.1 Å². The van der Waals surface area contributed by atoms with E-state index < -0.39 is 5.97 Å². The van der Waals surface area contributed by atoms with Gasteiger partial charge in [-0.2, -0.15) is 0 Å². The van der Waals surface area contributed by atoms with Gasteiger partial charge >= 0.3 is 5.97 Å². The van der Waals surface area contributed by atoms with E-state index in [9.17, 15) is 14.7 Å². The molecule has 0 aliphatic heterocycles. The summed E-state index contributed by atoms with van der Waals surface area (Å²) < 4.78 is 0. The lowest BCUT2D eigenvalue weighted by molar-refractivity contribution is -0.117. The van der Waals surface area contributed by atoms with E-state index >= 15 is 0 Å². The summed E-state index contributed by atoms with van der Waals surface area (Å²) >= 11 is 0. The maximum Gasteiger partial charge on any atom is 0.336 e. The van der Waals surface area contributed by atoms with Crippen molar-refractivity contribution in [1.29, 1.82) is 0 Å². The second-order valence-electron chi connectivity index (χ2n) is 7.98. The summed E-state index contributed by atoms with van der Waals surface area (Å²) in [4.78, 5) is 30.0. The van der Waals surface area contributed by atoms with Crippen LogP contribution in [0.4, 0.5) is 0 Å². The van der Waals surface area contributed by atoms with Crippen molar-refractivity contribution < 1.29 is 19.5 Å². The number of oxime groups is 1. The Morgan fingerprint density at radius 2 is 1.66 bits per heavy atom. The van der Waals surface area contributed by atoms with Crippen LogP contribution >= 0.6 is 0 Å². The molecule has 6 nitrogen and oxygen atoms in total. The van der Waals surface area contributed by atoms with Crippen molar-refractivity contribution in [2.45, 2.75) is 33.1 Å². The lowest BCUT2D eigenvalue weighted by Gasteiger charge is -2.22. The molecule has 0 spiro atoms. The van der Waals surface area contributed by atoms with Crippen LogP contribution in [0.5, 0.6) is 0 Å². The van der Waals surface area contributed by atoms with Gasteiger partial charge in [0.25, 0.3) is 0 Å². The Morgan fingerprint density at radius 1 is 1.00 bits per heavy atom. The van der Waals surface area contributed by atoms with Crippen LogP contribution in [0.3, 0.4) is 0 Å². The number of aryl methyl sites for hydroxylation is 3. The maximum atomic E-state index is 12.5. The highest BCUT2D eigenvalue weighted by Crippen LogP contribution is 2.34. The minimum atomic E-state index is -1.05. The number of amidine groups is 1. The van der Waals surface area contributed by atoms with Crippen molar-refractivity contribution in [3.8, 4) is 11.1 Å². The van der Waals surface area contributed by atoms with Crippen LogP contribution in [-0.2, 0) is 28.9 Å². The van der Waals surface area contributed by atoms with Gasteiger partial charge in [0.2, 0.25) is 12.5 Å². The van der Waals surface area contributed by atoms with Gasteiger partial charge in [0.1, 0.15) is 0 Å². The van der Waals surface area contributed by atoms with Gasteiger partial charge in [-0.15, -0.1) is 0 Å². The molecule has 0 heterocycles. The van der Waals surface area contributed by atoms with Gasteiger partial charge in [0, 0.05) is 18.1 Å². The Kier molecular flexibility index (Phi) is 8.88. The zero-order valence-corrected chi connectivity index (χ0v) is 20.0. The third-order valence-electron chi connectivity index (χ3n) is 5.53. The lowest BCUT2D eigenvalue weighted by Crippen LogP contribution is -2.31. The summed E-state index contributed by atoms with van der Waals surface area (Å²) in [6.07, 6.45) is 3.16. The second-order valence-corrected chi connectivity index (χ2v) is 7.98. The number of hydrogen-bond donors (Lipinski definition) is 2. The predicted molar refractivity (Wildman–Crippen MR) is 137 cm³/mol. The molecule has 0 bridgehead atoms. The fourth-order valence-corrected chi connectivity index (χ4v) is 4.05. The van der Waals surface area contributed by atoms with Crippen LogP contribution in [0.15, 0.2) is 78.0 Å². The Hall–Kier alpha value is -4.28. The van der Waals surface area contributed by atoms with Crippen molar-refractivity contribution >= 4 is 17.7 Å². The molecule has 3 rings (SSSR count). The summed E-state index contributed by atoms with van der Waals surface area (Å²) in [6.45, 7) is 8.77. The Labute approximate surface area is 206 Å². The van der Waals surface area contributed by atoms with Crippen LogP contribution in [0.1, 0.15) is 46.5 Å². The molecule has 0 radical (unpaired) electrons. The molecule has 0 aliphatic rings. The number of nitrogens with zero attached hydrogens (tertiary/aromatic N) is 1. The zero-order chi connectivity index (χ0) is 25.2. The molecule has 2 N–H and O–H groups in total. The zero-order valence-electron chi connectivity index (χ0n) is 20.0. The number of amides is 1. The molecule has 0 atom stereocenters. The first-order valence-corrected chi connectivity index (χ1v) is 11.5. The second kappa shape index (κ2) is 12.3. The van der Waals surface area contributed by atoms with Crippen LogP contribution in [0, 0.1) is 6.58 Å². The molecule has 0 aliphatic carbocycles. The molecular formula is C29H29N2O4+. The molecule has 0 saturated heterocycles. The normalized spacial score (nSPS) is 11.1. The fourth-order valence-electron chi connectivity index (χ4n) is 4.05. The largest absolute Gasteiger partial charge is 0.478 e. The first-order chi connectivity index (χ1) is 17.0. The standard InChI is InChI=1S/C29H28N2O4/c1-4-18-35-31-28(30-20(3)32)26-24(17-16-21-12-8-6-9-13-21)19-22(5-2)27(29(33)34)25(26)23-14-10-7-11-15-23/h1,4,6-15,19H,5,16-18H2,2-3H3,(H-,30,31,32,33,34)/p+1. The molecule has 178 valence electrons. The van der Waals surface area contributed by atoms with Gasteiger partial charge in [-0.05, 0) is 41.5 Å². The van der Waals surface area contributed by atoms with E-state index in [2.05, 4.69) is 10.5 Å². The molecule has 3 aromatic rings. The monoisotopic (exact) mass is 469 g/mol. The van der Waals surface area contributed by atoms with E-state index in [1.807, 2.05) is 73.7 Å². The number of carboxylic acid groups (broad SMARTS) is 1. The number of carbonyl (C=O) groups excluding carboxylic acids is 1. The van der Waals surface area contributed by atoms with E-state index in [0.29, 0.717) is 35.1 Å². The third-order valence-corrected chi connectivity index (χ3v) is 5.53. The summed E-state index contributed by atoms with van der Waals surface area (Å²) in [5, 5.41) is 17.2. The van der Waals surface area contributed by atoms with Gasteiger partial charge in [-0.25, -0.2) is 4.79 Å². The molecule has 0 unspecified atom stereocenters. The van der Waals surface area contributed by atoms with Gasteiger partial charge in [0.05, 0.1) is 5.56 Å². The van der Waals surface area contributed by atoms with Crippen molar-refractivity contribution in [2.24, 2.45) is 5.16 Å². The van der Waals surface area contributed by atoms with Crippen molar-refractivity contribution in [2.75, 3.05) is 6.61 Å². The highest BCUT2D eigenvalue weighted by molar-refractivity contribution is 6.15. The molecule has 35 heavy (non-hydrogen) atoms. The van der Waals surface area contributed by atoms with Crippen molar-refractivity contribution in [3.05, 3.63) is 107 Å². The van der Waals surface area contributed by atoms with Gasteiger partial charge < -0.3 is 15.3 Å². The van der Waals surface area contributed by atoms with Crippen molar-refractivity contribution in [1.82, 2.24) is 5.32 Å². The number of carboxylic acids is 1. The summed E-state index contributed by atoms with van der Waals surface area (Å²) in [5.41, 5.74) is 4.62. The van der Waals surface area contributed by atoms with E-state index in [1.165, 1.54) is 13.0 Å². The van der Waals surface area contributed by atoms with Gasteiger partial charge in [0.15, 0.2) is 18.5 Å². The highest BCUT2D eigenvalue weighted by Gasteiger charge is 2.26. The third kappa shape index (κ3) is 6.40. The van der Waals surface area contributed by atoms with E-state index in [1.54, 1.807) is 0 Å². The average molecular weight is 470 g/mol. The summed E-state index contributed by atoms with van der Waals surface area (Å²) in [6, 6.07) is 21.2. The molecule has 0 aromatic heterocycles. The topological polar surface area (TPSA) is 88.0 Å². The average Bonchev–Trinajstić information content (AvgIpc) is 2.86. The molecule has 6 heteroatoms. The number of carbonyl (C=O) groups is 2. The number of aromatic carboxylic acids is 1. The van der Waals surface area contributed by atoms with E-state index in [-0.39, 0.29) is 23.9 Å². The van der Waals surface area contributed by atoms with E-state index in [4.69, 9.17) is 11.4 Å². The van der Waals surface area contributed by atoms with Gasteiger partial charge in [-0.3, -0.25) is 4.79 Å². The first-order valence-electron chi connectivity index (χ1n) is 11.5. The van der Waals surface area contributed by atoms with Crippen molar-refractivity contribution in [3.63, 3.8) is 0 Å². The molecule has 3 aromatic carbocycles. The molecule has 0 fully saturated rings. The van der Waals surface area contributed by atoms with Crippen LogP contribution in [0.2, 0.25) is 0 Å². The van der Waals surface area contributed by atoms with Crippen LogP contribution in [-0.4, -0.2) is 29.4 Å². The Morgan fingerprint density at radius 3 is 2.23 bits per heavy atom. The highest BCUT2D eigenvalue weighted by atomic mass is 16.6. The molecule has 0 saturated carbocycles. The van der Waals surface area contributed by atoms with Crippen LogP contribution < -0.4 is 5.32 Å². The lowest BCUT2D eigenvalue weighted by atomic mass is 9.84.